The number of hydrogen-bond acceptors (Lipinski definition) is 3. The van der Waals surface area contributed by atoms with Gasteiger partial charge in [-0.25, -0.2) is 4.39 Å². The van der Waals surface area contributed by atoms with Crippen LogP contribution in [0.5, 0.6) is 0 Å². The summed E-state index contributed by atoms with van der Waals surface area (Å²) in [6, 6.07) is 14.4. The third kappa shape index (κ3) is 6.31. The molecule has 0 saturated carbocycles. The summed E-state index contributed by atoms with van der Waals surface area (Å²) >= 11 is 0. The van der Waals surface area contributed by atoms with Gasteiger partial charge in [-0.15, -0.1) is 0 Å². The van der Waals surface area contributed by atoms with Crippen molar-refractivity contribution in [2.24, 2.45) is 0 Å². The van der Waals surface area contributed by atoms with Crippen molar-refractivity contribution in [3.63, 3.8) is 0 Å². The molecule has 1 fully saturated rings. The molecule has 3 rings (SSSR count). The van der Waals surface area contributed by atoms with Gasteiger partial charge >= 0.3 is 0 Å². The second-order valence-corrected chi connectivity index (χ2v) is 7.42. The van der Waals surface area contributed by atoms with E-state index in [0.717, 1.165) is 62.4 Å². The molecule has 0 spiro atoms. The second-order valence-electron chi connectivity index (χ2n) is 7.42. The van der Waals surface area contributed by atoms with Crippen LogP contribution in [-0.4, -0.2) is 42.9 Å². The van der Waals surface area contributed by atoms with Crippen LogP contribution in [0.3, 0.4) is 0 Å². The molecule has 29 heavy (non-hydrogen) atoms. The van der Waals surface area contributed by atoms with Gasteiger partial charge in [0.2, 0.25) is 11.8 Å². The van der Waals surface area contributed by atoms with Gasteiger partial charge in [-0.05, 0) is 61.2 Å². The molecule has 0 atom stereocenters. The summed E-state index contributed by atoms with van der Waals surface area (Å²) in [6.45, 7) is 4.73. The number of halogens is 1. The Balaban J connectivity index is 1.38. The molecule has 0 radical (unpaired) electrons. The summed E-state index contributed by atoms with van der Waals surface area (Å²) in [5.74, 6) is -0.0928. The lowest BCUT2D eigenvalue weighted by Crippen LogP contribution is -2.48. The van der Waals surface area contributed by atoms with Crippen LogP contribution in [0, 0.1) is 5.82 Å². The molecule has 2 aromatic carbocycles. The molecule has 2 amide bonds. The molecular formula is C23H28FN3O2. The Labute approximate surface area is 171 Å². The monoisotopic (exact) mass is 397 g/mol. The SMILES string of the molecule is CC(=O)N1CCN(c2ccc(NC(=O)CCCCc3ccc(F)cc3)cc2)CC1. The zero-order chi connectivity index (χ0) is 20.6. The molecule has 1 aliphatic rings. The van der Waals surface area contributed by atoms with Gasteiger partial charge in [-0.1, -0.05) is 12.1 Å². The Bertz CT molecular complexity index is 813. The fourth-order valence-corrected chi connectivity index (χ4v) is 3.52. The zero-order valence-corrected chi connectivity index (χ0v) is 16.9. The first kappa shape index (κ1) is 20.8. The number of aryl methyl sites for hydroxylation is 1. The maximum Gasteiger partial charge on any atom is 0.224 e. The van der Waals surface area contributed by atoms with Crippen LogP contribution < -0.4 is 10.2 Å². The van der Waals surface area contributed by atoms with E-state index in [1.165, 1.54) is 12.1 Å². The van der Waals surface area contributed by atoms with Crippen molar-refractivity contribution in [1.29, 1.82) is 0 Å². The number of hydrogen-bond donors (Lipinski definition) is 1. The molecule has 0 unspecified atom stereocenters. The molecular weight excluding hydrogens is 369 g/mol. The summed E-state index contributed by atoms with van der Waals surface area (Å²) in [4.78, 5) is 27.7. The van der Waals surface area contributed by atoms with E-state index in [4.69, 9.17) is 0 Å². The average Bonchev–Trinajstić information content (AvgIpc) is 2.73. The smallest absolute Gasteiger partial charge is 0.224 e. The van der Waals surface area contributed by atoms with Crippen molar-refractivity contribution in [2.75, 3.05) is 36.4 Å². The van der Waals surface area contributed by atoms with Crippen molar-refractivity contribution >= 4 is 23.2 Å². The molecule has 2 aromatic rings. The fraction of sp³-hybridized carbons (Fsp3) is 0.391. The number of nitrogens with zero attached hydrogens (tertiary/aromatic N) is 2. The largest absolute Gasteiger partial charge is 0.368 e. The lowest BCUT2D eigenvalue weighted by Gasteiger charge is -2.35. The summed E-state index contributed by atoms with van der Waals surface area (Å²) in [5.41, 5.74) is 2.98. The third-order valence-corrected chi connectivity index (χ3v) is 5.27. The van der Waals surface area contributed by atoms with E-state index >= 15 is 0 Å². The molecule has 0 aromatic heterocycles. The maximum atomic E-state index is 12.9. The minimum Gasteiger partial charge on any atom is -0.368 e. The van der Waals surface area contributed by atoms with Crippen LogP contribution in [0.4, 0.5) is 15.8 Å². The van der Waals surface area contributed by atoms with E-state index in [1.54, 1.807) is 19.1 Å². The Hall–Kier alpha value is -2.89. The molecule has 6 heteroatoms. The van der Waals surface area contributed by atoms with Gasteiger partial charge in [-0.2, -0.15) is 0 Å². The highest BCUT2D eigenvalue weighted by Gasteiger charge is 2.18. The van der Waals surface area contributed by atoms with Crippen LogP contribution >= 0.6 is 0 Å². The van der Waals surface area contributed by atoms with Crippen molar-refractivity contribution in [2.45, 2.75) is 32.6 Å². The van der Waals surface area contributed by atoms with E-state index in [-0.39, 0.29) is 17.6 Å². The van der Waals surface area contributed by atoms with Crippen LogP contribution in [0.25, 0.3) is 0 Å². The van der Waals surface area contributed by atoms with Gasteiger partial charge in [0.15, 0.2) is 0 Å². The first-order chi connectivity index (χ1) is 14.0. The highest BCUT2D eigenvalue weighted by atomic mass is 19.1. The average molecular weight is 397 g/mol. The number of benzene rings is 2. The van der Waals surface area contributed by atoms with Crippen molar-refractivity contribution in [1.82, 2.24) is 4.90 Å². The van der Waals surface area contributed by atoms with E-state index in [2.05, 4.69) is 10.2 Å². The lowest BCUT2D eigenvalue weighted by molar-refractivity contribution is -0.129. The molecule has 1 heterocycles. The Kier molecular flexibility index (Phi) is 7.22. The number of carbonyl (C=O) groups excluding carboxylic acids is 2. The minimum atomic E-state index is -0.225. The van der Waals surface area contributed by atoms with Gasteiger partial charge in [0.1, 0.15) is 5.82 Å². The van der Waals surface area contributed by atoms with Gasteiger partial charge in [-0.3, -0.25) is 9.59 Å². The second kappa shape index (κ2) is 10.0. The topological polar surface area (TPSA) is 52.7 Å². The number of amides is 2. The molecule has 154 valence electrons. The van der Waals surface area contributed by atoms with Gasteiger partial charge in [0.25, 0.3) is 0 Å². The molecule has 1 aliphatic heterocycles. The lowest BCUT2D eigenvalue weighted by atomic mass is 10.1. The van der Waals surface area contributed by atoms with Gasteiger partial charge in [0.05, 0.1) is 0 Å². The minimum absolute atomic E-state index is 0.00642. The fourth-order valence-electron chi connectivity index (χ4n) is 3.52. The molecule has 0 bridgehead atoms. The van der Waals surface area contributed by atoms with E-state index in [0.29, 0.717) is 6.42 Å². The normalized spacial score (nSPS) is 14.0. The van der Waals surface area contributed by atoms with Gasteiger partial charge in [0, 0.05) is 50.9 Å². The van der Waals surface area contributed by atoms with Crippen LogP contribution in [0.2, 0.25) is 0 Å². The number of rotatable bonds is 7. The summed E-state index contributed by atoms with van der Waals surface area (Å²) in [5, 5.41) is 2.94. The quantitative estimate of drug-likeness (QED) is 0.722. The number of anilines is 2. The first-order valence-corrected chi connectivity index (χ1v) is 10.2. The highest BCUT2D eigenvalue weighted by molar-refractivity contribution is 5.90. The zero-order valence-electron chi connectivity index (χ0n) is 16.9. The summed E-state index contributed by atoms with van der Waals surface area (Å²) < 4.78 is 12.9. The van der Waals surface area contributed by atoms with E-state index in [9.17, 15) is 14.0 Å². The molecule has 0 aliphatic carbocycles. The molecule has 1 N–H and O–H groups in total. The summed E-state index contributed by atoms with van der Waals surface area (Å²) in [7, 11) is 0. The first-order valence-electron chi connectivity index (χ1n) is 10.2. The van der Waals surface area contributed by atoms with Crippen molar-refractivity contribution in [3.05, 3.63) is 59.9 Å². The third-order valence-electron chi connectivity index (χ3n) is 5.27. The van der Waals surface area contributed by atoms with Crippen LogP contribution in [0.15, 0.2) is 48.5 Å². The van der Waals surface area contributed by atoms with E-state index in [1.807, 2.05) is 29.2 Å². The van der Waals surface area contributed by atoms with Crippen molar-refractivity contribution in [3.8, 4) is 0 Å². The standard InChI is InChI=1S/C23H28FN3O2/c1-18(28)26-14-16-27(17-15-26)22-12-10-21(11-13-22)25-23(29)5-3-2-4-19-6-8-20(24)9-7-19/h6-13H,2-5,14-17H2,1H3,(H,25,29). The van der Waals surface area contributed by atoms with Gasteiger partial charge < -0.3 is 15.1 Å². The van der Waals surface area contributed by atoms with Crippen molar-refractivity contribution < 1.29 is 14.0 Å². The number of piperazine rings is 1. The Morgan fingerprint density at radius 2 is 1.59 bits per heavy atom. The van der Waals surface area contributed by atoms with Crippen LogP contribution in [-0.2, 0) is 16.0 Å². The maximum absolute atomic E-state index is 12.9. The number of nitrogens with one attached hydrogen (secondary N) is 1. The Morgan fingerprint density at radius 3 is 2.21 bits per heavy atom. The molecule has 5 nitrogen and oxygen atoms in total. The molecule has 1 saturated heterocycles. The van der Waals surface area contributed by atoms with Crippen LogP contribution in [0.1, 0.15) is 31.7 Å². The number of unbranched alkanes of at least 4 members (excludes halogenated alkanes) is 1. The number of carbonyl (C=O) groups is 2. The summed E-state index contributed by atoms with van der Waals surface area (Å²) in [6.07, 6.45) is 3.00. The van der Waals surface area contributed by atoms with E-state index < -0.39 is 0 Å². The predicted molar refractivity (Wildman–Crippen MR) is 113 cm³/mol. The Morgan fingerprint density at radius 1 is 0.931 bits per heavy atom. The predicted octanol–water partition coefficient (Wildman–Crippen LogP) is 3.85. The highest BCUT2D eigenvalue weighted by Crippen LogP contribution is 2.20.